The fourth-order valence-corrected chi connectivity index (χ4v) is 4.40. The van der Waals surface area contributed by atoms with Crippen molar-refractivity contribution in [3.8, 4) is 5.75 Å². The predicted octanol–water partition coefficient (Wildman–Crippen LogP) is 4.96. The first-order valence-corrected chi connectivity index (χ1v) is 14.2. The molecule has 0 spiro atoms. The lowest BCUT2D eigenvalue weighted by atomic mass is 10.1. The maximum absolute atomic E-state index is 12.9. The van der Waals surface area contributed by atoms with Gasteiger partial charge in [-0.15, -0.1) is 0 Å². The molecule has 0 aliphatic rings. The maximum atomic E-state index is 12.9. The molecule has 0 saturated carbocycles. The van der Waals surface area contributed by atoms with Crippen LogP contribution in [0, 0.1) is 6.92 Å². The molecule has 3 aromatic carbocycles. The molecule has 0 heterocycles. The molecule has 1 unspecified atom stereocenters. The molecule has 3 rings (SSSR count). The van der Waals surface area contributed by atoms with Crippen molar-refractivity contribution < 1.29 is 36.4 Å². The summed E-state index contributed by atoms with van der Waals surface area (Å²) in [5.41, 5.74) is 1.78. The smallest absolute Gasteiger partial charge is 0.408 e. The second-order valence-corrected chi connectivity index (χ2v) is 11.7. The van der Waals surface area contributed by atoms with E-state index in [1.807, 2.05) is 37.3 Å². The number of amides is 1. The molecular formula is C30H35NO8S. The largest absolute Gasteiger partial charge is 0.491 e. The van der Waals surface area contributed by atoms with Crippen molar-refractivity contribution in [2.75, 3.05) is 13.2 Å². The molecule has 0 aliphatic heterocycles. The van der Waals surface area contributed by atoms with Crippen molar-refractivity contribution >= 4 is 22.2 Å². The summed E-state index contributed by atoms with van der Waals surface area (Å²) in [5.74, 6) is -0.106. The molecule has 1 N–H and O–H groups in total. The van der Waals surface area contributed by atoms with Gasteiger partial charge in [0.2, 0.25) is 0 Å². The highest BCUT2D eigenvalue weighted by Gasteiger charge is 2.26. The van der Waals surface area contributed by atoms with E-state index < -0.39 is 33.8 Å². The highest BCUT2D eigenvalue weighted by molar-refractivity contribution is 7.86. The van der Waals surface area contributed by atoms with Gasteiger partial charge < -0.3 is 19.5 Å². The zero-order valence-electron chi connectivity index (χ0n) is 23.1. The quantitative estimate of drug-likeness (QED) is 0.185. The number of esters is 1. The van der Waals surface area contributed by atoms with Crippen LogP contribution in [-0.4, -0.2) is 45.3 Å². The van der Waals surface area contributed by atoms with Crippen molar-refractivity contribution in [1.82, 2.24) is 5.32 Å². The third-order valence-corrected chi connectivity index (χ3v) is 6.79. The Kier molecular flexibility index (Phi) is 10.7. The number of benzene rings is 3. The first-order valence-electron chi connectivity index (χ1n) is 12.8. The molecule has 0 aliphatic carbocycles. The van der Waals surface area contributed by atoms with Gasteiger partial charge in [-0.2, -0.15) is 8.42 Å². The Morgan fingerprint density at radius 3 is 2.12 bits per heavy atom. The summed E-state index contributed by atoms with van der Waals surface area (Å²) in [6.07, 6.45) is -0.569. The molecule has 0 aromatic heterocycles. The molecule has 0 fully saturated rings. The fraction of sp³-hybridized carbons (Fsp3) is 0.333. The second-order valence-electron chi connectivity index (χ2n) is 10.1. The Bertz CT molecular complexity index is 1350. The molecule has 40 heavy (non-hydrogen) atoms. The number of rotatable bonds is 12. The fourth-order valence-electron chi connectivity index (χ4n) is 3.51. The molecule has 9 nitrogen and oxygen atoms in total. The average molecular weight is 570 g/mol. The van der Waals surface area contributed by atoms with Crippen LogP contribution in [0.5, 0.6) is 5.75 Å². The second kappa shape index (κ2) is 14.0. The van der Waals surface area contributed by atoms with Crippen LogP contribution in [0.2, 0.25) is 0 Å². The van der Waals surface area contributed by atoms with Crippen molar-refractivity contribution in [2.24, 2.45) is 0 Å². The van der Waals surface area contributed by atoms with Crippen molar-refractivity contribution in [3.05, 3.63) is 95.6 Å². The van der Waals surface area contributed by atoms with Crippen LogP contribution in [0.15, 0.2) is 83.8 Å². The molecule has 0 bridgehead atoms. The summed E-state index contributed by atoms with van der Waals surface area (Å²) in [5, 5.41) is 2.60. The number of alkyl carbamates (subject to hydrolysis) is 1. The zero-order valence-corrected chi connectivity index (χ0v) is 23.9. The molecular weight excluding hydrogens is 534 g/mol. The first-order chi connectivity index (χ1) is 18.9. The zero-order chi connectivity index (χ0) is 29.2. The van der Waals surface area contributed by atoms with Crippen LogP contribution in [-0.2, 0) is 41.6 Å². The van der Waals surface area contributed by atoms with Gasteiger partial charge in [-0.25, -0.2) is 9.59 Å². The Labute approximate surface area is 235 Å². The molecule has 0 saturated heterocycles. The average Bonchev–Trinajstić information content (AvgIpc) is 2.90. The number of hydrogen-bond acceptors (Lipinski definition) is 8. The van der Waals surface area contributed by atoms with E-state index in [-0.39, 0.29) is 31.1 Å². The van der Waals surface area contributed by atoms with E-state index in [1.165, 1.54) is 12.1 Å². The number of nitrogens with one attached hydrogen (secondary N) is 1. The summed E-state index contributed by atoms with van der Waals surface area (Å²) in [6, 6.07) is 21.5. The molecule has 214 valence electrons. The van der Waals surface area contributed by atoms with Gasteiger partial charge in [-0.3, -0.25) is 4.18 Å². The van der Waals surface area contributed by atoms with Crippen LogP contribution in [0.4, 0.5) is 4.79 Å². The lowest BCUT2D eigenvalue weighted by Crippen LogP contribution is -2.45. The van der Waals surface area contributed by atoms with E-state index >= 15 is 0 Å². The van der Waals surface area contributed by atoms with Crippen molar-refractivity contribution in [2.45, 2.75) is 57.3 Å². The third-order valence-electron chi connectivity index (χ3n) is 5.46. The Balaban J connectivity index is 1.55. The third kappa shape index (κ3) is 10.3. The van der Waals surface area contributed by atoms with Gasteiger partial charge in [0.05, 0.1) is 4.90 Å². The van der Waals surface area contributed by atoms with E-state index in [4.69, 9.17) is 18.4 Å². The summed E-state index contributed by atoms with van der Waals surface area (Å²) >= 11 is 0. The topological polar surface area (TPSA) is 117 Å². The van der Waals surface area contributed by atoms with Crippen LogP contribution in [0.3, 0.4) is 0 Å². The SMILES string of the molecule is Cc1ccc(S(=O)(=O)OCCOc2ccc(CC(NC(=O)OC(C)(C)C)C(=O)OCc3ccccc3)cc2)cc1. The minimum Gasteiger partial charge on any atom is -0.491 e. The number of hydrogen-bond donors (Lipinski definition) is 1. The number of aryl methyl sites for hydroxylation is 1. The van der Waals surface area contributed by atoms with Crippen LogP contribution in [0.1, 0.15) is 37.5 Å². The number of carbonyl (C=O) groups is 2. The lowest BCUT2D eigenvalue weighted by molar-refractivity contribution is -0.147. The summed E-state index contributed by atoms with van der Waals surface area (Å²) in [4.78, 5) is 25.4. The number of ether oxygens (including phenoxy) is 3. The van der Waals surface area contributed by atoms with E-state index in [0.717, 1.165) is 16.7 Å². The minimum atomic E-state index is -3.87. The van der Waals surface area contributed by atoms with Crippen LogP contribution in [0.25, 0.3) is 0 Å². The molecule has 0 radical (unpaired) electrons. The summed E-state index contributed by atoms with van der Waals surface area (Å²) in [7, 11) is -3.87. The van der Waals surface area contributed by atoms with Gasteiger partial charge in [0, 0.05) is 6.42 Å². The number of carbonyl (C=O) groups excluding carboxylic acids is 2. The Morgan fingerprint density at radius 2 is 1.50 bits per heavy atom. The van der Waals surface area contributed by atoms with Crippen molar-refractivity contribution in [3.63, 3.8) is 0 Å². The van der Waals surface area contributed by atoms with Gasteiger partial charge in [0.1, 0.15) is 37.2 Å². The summed E-state index contributed by atoms with van der Waals surface area (Å²) < 4.78 is 46.0. The van der Waals surface area contributed by atoms with Gasteiger partial charge >= 0.3 is 12.1 Å². The molecule has 1 amide bonds. The van der Waals surface area contributed by atoms with Gasteiger partial charge in [-0.05, 0) is 63.1 Å². The van der Waals surface area contributed by atoms with Crippen LogP contribution < -0.4 is 10.1 Å². The van der Waals surface area contributed by atoms with Gasteiger partial charge in [0.25, 0.3) is 10.1 Å². The maximum Gasteiger partial charge on any atom is 0.408 e. The first kappa shape index (κ1) is 30.6. The van der Waals surface area contributed by atoms with Gasteiger partial charge in [-0.1, -0.05) is 60.2 Å². The van der Waals surface area contributed by atoms with E-state index in [1.54, 1.807) is 57.2 Å². The highest BCUT2D eigenvalue weighted by atomic mass is 32.2. The van der Waals surface area contributed by atoms with Crippen molar-refractivity contribution in [1.29, 1.82) is 0 Å². The summed E-state index contributed by atoms with van der Waals surface area (Å²) in [6.45, 7) is 6.99. The normalized spacial score (nSPS) is 12.3. The predicted molar refractivity (Wildman–Crippen MR) is 149 cm³/mol. The van der Waals surface area contributed by atoms with E-state index in [0.29, 0.717) is 5.75 Å². The van der Waals surface area contributed by atoms with E-state index in [2.05, 4.69) is 5.32 Å². The standard InChI is InChI=1S/C30H35NO8S/c1-22-10-16-26(17-11-22)40(34,35)38-19-18-36-25-14-12-23(13-15-25)20-27(31-29(33)39-30(2,3)4)28(32)37-21-24-8-6-5-7-9-24/h5-17,27H,18-21H2,1-4H3,(H,31,33). The van der Waals surface area contributed by atoms with Gasteiger partial charge in [0.15, 0.2) is 0 Å². The molecule has 3 aromatic rings. The Morgan fingerprint density at radius 1 is 0.850 bits per heavy atom. The molecule has 10 heteroatoms. The van der Waals surface area contributed by atoms with Crippen LogP contribution >= 0.6 is 0 Å². The highest BCUT2D eigenvalue weighted by Crippen LogP contribution is 2.17. The monoisotopic (exact) mass is 569 g/mol. The van der Waals surface area contributed by atoms with E-state index in [9.17, 15) is 18.0 Å². The lowest BCUT2D eigenvalue weighted by Gasteiger charge is -2.23. The molecule has 1 atom stereocenters. The Hall–Kier alpha value is -3.89. The minimum absolute atomic E-state index is 0.0130.